The molecule has 226 valence electrons. The minimum atomic E-state index is -4.69. The van der Waals surface area contributed by atoms with E-state index < -0.39 is 17.8 Å². The van der Waals surface area contributed by atoms with Gasteiger partial charge in [0.25, 0.3) is 0 Å². The number of aromatic nitrogens is 3. The number of halogens is 3. The molecule has 4 rings (SSSR count). The van der Waals surface area contributed by atoms with Crippen LogP contribution < -0.4 is 15.4 Å². The Morgan fingerprint density at radius 2 is 1.93 bits per heavy atom. The molecule has 0 aliphatic carbocycles. The number of anilines is 1. The van der Waals surface area contributed by atoms with Crippen molar-refractivity contribution in [2.75, 3.05) is 24.6 Å². The van der Waals surface area contributed by atoms with Crippen molar-refractivity contribution in [3.8, 4) is 28.4 Å². The fraction of sp³-hybridized carbons (Fsp3) is 0.467. The van der Waals surface area contributed by atoms with E-state index in [0.717, 1.165) is 18.1 Å². The molecule has 12 heteroatoms. The highest BCUT2D eigenvalue weighted by atomic mass is 19.4. The predicted octanol–water partition coefficient (Wildman–Crippen LogP) is 5.79. The molecular formula is C30H37F3N6O3. The maximum absolute atomic E-state index is 14.3. The molecule has 2 aromatic heterocycles. The molecule has 0 radical (unpaired) electrons. The van der Waals surface area contributed by atoms with Crippen LogP contribution in [0.25, 0.3) is 22.6 Å². The predicted molar refractivity (Wildman–Crippen MR) is 156 cm³/mol. The van der Waals surface area contributed by atoms with Gasteiger partial charge in [-0.3, -0.25) is 4.99 Å². The van der Waals surface area contributed by atoms with E-state index in [0.29, 0.717) is 59.3 Å². The zero-order valence-electron chi connectivity index (χ0n) is 24.7. The Morgan fingerprint density at radius 3 is 2.55 bits per heavy atom. The first-order valence-electron chi connectivity index (χ1n) is 13.9. The third-order valence-electron chi connectivity index (χ3n) is 6.95. The fourth-order valence-corrected chi connectivity index (χ4v) is 4.83. The minimum Gasteiger partial charge on any atom is -0.491 e. The molecule has 0 fully saturated rings. The number of ether oxygens (including phenoxy) is 1. The molecule has 0 spiro atoms. The van der Waals surface area contributed by atoms with Crippen molar-refractivity contribution in [3.05, 3.63) is 52.1 Å². The molecule has 0 bridgehead atoms. The van der Waals surface area contributed by atoms with Gasteiger partial charge in [0.05, 0.1) is 35.2 Å². The van der Waals surface area contributed by atoms with Gasteiger partial charge < -0.3 is 25.0 Å². The second kappa shape index (κ2) is 12.5. The second-order valence-electron chi connectivity index (χ2n) is 10.8. The number of nitrogens with two attached hydrogens (primary N) is 1. The number of rotatable bonds is 10. The summed E-state index contributed by atoms with van der Waals surface area (Å²) < 4.78 is 54.0. The average molecular weight is 587 g/mol. The van der Waals surface area contributed by atoms with E-state index in [2.05, 4.69) is 15.1 Å². The topological polar surface area (TPSA) is 123 Å². The van der Waals surface area contributed by atoms with E-state index in [-0.39, 0.29) is 29.8 Å². The van der Waals surface area contributed by atoms with Gasteiger partial charge in [0.15, 0.2) is 5.82 Å². The minimum absolute atomic E-state index is 0.0532. The Labute approximate surface area is 243 Å². The Kier molecular flexibility index (Phi) is 9.24. The molecule has 1 aliphatic heterocycles. The Hall–Kier alpha value is -3.93. The SMILES string of the molecule is CCC[C@@H](O)COc1ccc(C(F)(F)F)c(-c2nc(-c3c(C)noc3C)c(C)c(N3CC(N)=C(C=NC(C)C)C3)n2)c1. The highest BCUT2D eigenvalue weighted by Gasteiger charge is 2.36. The van der Waals surface area contributed by atoms with Gasteiger partial charge >= 0.3 is 6.18 Å². The first kappa shape index (κ1) is 31.0. The molecule has 3 heterocycles. The van der Waals surface area contributed by atoms with Crippen LogP contribution in [0.3, 0.4) is 0 Å². The van der Waals surface area contributed by atoms with Gasteiger partial charge in [-0.05, 0) is 59.2 Å². The summed E-state index contributed by atoms with van der Waals surface area (Å²) in [6.07, 6.45) is -2.44. The van der Waals surface area contributed by atoms with Crippen LogP contribution >= 0.6 is 0 Å². The van der Waals surface area contributed by atoms with Crippen LogP contribution in [-0.4, -0.2) is 58.3 Å². The van der Waals surface area contributed by atoms with Crippen molar-refractivity contribution in [2.45, 2.75) is 72.7 Å². The average Bonchev–Trinajstić information content (AvgIpc) is 3.46. The lowest BCUT2D eigenvalue weighted by Gasteiger charge is -2.23. The Morgan fingerprint density at radius 1 is 1.19 bits per heavy atom. The standard InChI is InChI=1S/C30H37F3N6O3/c1-7-8-21(40)15-41-22-9-10-24(30(31,32)33)23(11-22)28-36-27(26-18(5)38-42-19(26)6)17(4)29(37-28)39-13-20(25(34)14-39)12-35-16(2)3/h9-12,16,21,40H,7-8,13-15,34H2,1-6H3/t21-/m1/s1. The number of aliphatic hydroxyl groups excluding tert-OH is 1. The summed E-state index contributed by atoms with van der Waals surface area (Å²) in [5.41, 5.74) is 8.80. The maximum Gasteiger partial charge on any atom is 0.417 e. The smallest absolute Gasteiger partial charge is 0.417 e. The molecule has 0 saturated carbocycles. The lowest BCUT2D eigenvalue weighted by atomic mass is 10.0. The van der Waals surface area contributed by atoms with Crippen molar-refractivity contribution >= 4 is 12.0 Å². The number of aliphatic imine (C=N–C) groups is 1. The molecule has 9 nitrogen and oxygen atoms in total. The van der Waals surface area contributed by atoms with Crippen LogP contribution in [0.4, 0.5) is 19.0 Å². The molecule has 3 N–H and O–H groups in total. The van der Waals surface area contributed by atoms with E-state index in [1.54, 1.807) is 20.1 Å². The van der Waals surface area contributed by atoms with Crippen LogP contribution in [0.2, 0.25) is 0 Å². The van der Waals surface area contributed by atoms with E-state index in [4.69, 9.17) is 20.0 Å². The van der Waals surface area contributed by atoms with Crippen molar-refractivity contribution in [2.24, 2.45) is 10.7 Å². The number of benzene rings is 1. The maximum atomic E-state index is 14.3. The van der Waals surface area contributed by atoms with Crippen LogP contribution in [0, 0.1) is 20.8 Å². The highest BCUT2D eigenvalue weighted by molar-refractivity contribution is 5.84. The molecule has 1 aromatic carbocycles. The lowest BCUT2D eigenvalue weighted by molar-refractivity contribution is -0.137. The van der Waals surface area contributed by atoms with Crippen LogP contribution in [0.1, 0.15) is 56.2 Å². The summed E-state index contributed by atoms with van der Waals surface area (Å²) in [5.74, 6) is 0.939. The third kappa shape index (κ3) is 6.75. The lowest BCUT2D eigenvalue weighted by Crippen LogP contribution is -2.25. The molecular weight excluding hydrogens is 549 g/mol. The molecule has 0 unspecified atom stereocenters. The summed E-state index contributed by atoms with van der Waals surface area (Å²) >= 11 is 0. The summed E-state index contributed by atoms with van der Waals surface area (Å²) in [7, 11) is 0. The van der Waals surface area contributed by atoms with Crippen molar-refractivity contribution in [1.29, 1.82) is 0 Å². The van der Waals surface area contributed by atoms with Gasteiger partial charge in [-0.1, -0.05) is 18.5 Å². The van der Waals surface area contributed by atoms with Gasteiger partial charge in [-0.15, -0.1) is 0 Å². The second-order valence-corrected chi connectivity index (χ2v) is 10.8. The summed E-state index contributed by atoms with van der Waals surface area (Å²) in [6, 6.07) is 3.53. The number of alkyl halides is 3. The van der Waals surface area contributed by atoms with Gasteiger partial charge in [-0.2, -0.15) is 13.2 Å². The number of hydrogen-bond donors (Lipinski definition) is 2. The van der Waals surface area contributed by atoms with Gasteiger partial charge in [0.1, 0.15) is 23.9 Å². The molecule has 0 saturated heterocycles. The van der Waals surface area contributed by atoms with Gasteiger partial charge in [0, 0.05) is 41.2 Å². The molecule has 3 aromatic rings. The van der Waals surface area contributed by atoms with E-state index in [9.17, 15) is 18.3 Å². The first-order chi connectivity index (χ1) is 19.8. The van der Waals surface area contributed by atoms with Crippen molar-refractivity contribution in [3.63, 3.8) is 0 Å². The molecule has 42 heavy (non-hydrogen) atoms. The van der Waals surface area contributed by atoms with Crippen LogP contribution in [-0.2, 0) is 6.18 Å². The van der Waals surface area contributed by atoms with E-state index in [1.165, 1.54) is 12.1 Å². The first-order valence-corrected chi connectivity index (χ1v) is 13.9. The highest BCUT2D eigenvalue weighted by Crippen LogP contribution is 2.41. The monoisotopic (exact) mass is 586 g/mol. The third-order valence-corrected chi connectivity index (χ3v) is 6.95. The summed E-state index contributed by atoms with van der Waals surface area (Å²) in [5, 5.41) is 14.1. The Bertz CT molecular complexity index is 1480. The van der Waals surface area contributed by atoms with E-state index in [1.807, 2.05) is 32.6 Å². The zero-order chi connectivity index (χ0) is 30.8. The number of hydrogen-bond acceptors (Lipinski definition) is 9. The summed E-state index contributed by atoms with van der Waals surface area (Å²) in [4.78, 5) is 15.7. The molecule has 0 amide bonds. The van der Waals surface area contributed by atoms with Crippen LogP contribution in [0.5, 0.6) is 5.75 Å². The zero-order valence-corrected chi connectivity index (χ0v) is 24.7. The largest absolute Gasteiger partial charge is 0.491 e. The number of nitrogens with zero attached hydrogens (tertiary/aromatic N) is 5. The Balaban J connectivity index is 1.88. The van der Waals surface area contributed by atoms with Crippen molar-refractivity contribution in [1.82, 2.24) is 15.1 Å². The number of aliphatic hydroxyl groups is 1. The van der Waals surface area contributed by atoms with Gasteiger partial charge in [-0.25, -0.2) is 9.97 Å². The summed E-state index contributed by atoms with van der Waals surface area (Å²) in [6.45, 7) is 11.8. The molecule has 1 atom stereocenters. The number of aryl methyl sites for hydroxylation is 2. The van der Waals surface area contributed by atoms with Gasteiger partial charge in [0.2, 0.25) is 0 Å². The van der Waals surface area contributed by atoms with Crippen molar-refractivity contribution < 1.29 is 27.5 Å². The quantitative estimate of drug-likeness (QED) is 0.286. The van der Waals surface area contributed by atoms with Crippen LogP contribution in [0.15, 0.2) is 39.0 Å². The molecule has 1 aliphatic rings. The fourth-order valence-electron chi connectivity index (χ4n) is 4.83. The normalized spacial score (nSPS) is 15.0. The van der Waals surface area contributed by atoms with E-state index >= 15 is 0 Å².